The van der Waals surface area contributed by atoms with Crippen LogP contribution in [0.3, 0.4) is 0 Å². The predicted octanol–water partition coefficient (Wildman–Crippen LogP) is 3.12. The van der Waals surface area contributed by atoms with Gasteiger partial charge in [-0.05, 0) is 42.1 Å². The lowest BCUT2D eigenvalue weighted by molar-refractivity contribution is -0.139. The fourth-order valence-corrected chi connectivity index (χ4v) is 3.37. The summed E-state index contributed by atoms with van der Waals surface area (Å²) in [6, 6.07) is 9.16. The number of anilines is 1. The van der Waals surface area contributed by atoms with Crippen molar-refractivity contribution in [2.24, 2.45) is 0 Å². The number of esters is 2. The maximum atomic E-state index is 12.6. The summed E-state index contributed by atoms with van der Waals surface area (Å²) >= 11 is 1.34. The Morgan fingerprint density at radius 1 is 0.964 bits per heavy atom. The summed E-state index contributed by atoms with van der Waals surface area (Å²) in [7, 11) is 2.52. The highest BCUT2D eigenvalue weighted by Crippen LogP contribution is 2.36. The van der Waals surface area contributed by atoms with E-state index >= 15 is 0 Å². The van der Waals surface area contributed by atoms with Crippen molar-refractivity contribution < 1.29 is 19.1 Å². The molecule has 0 unspecified atom stereocenters. The molecule has 0 atom stereocenters. The number of carbonyl (C=O) groups is 2. The van der Waals surface area contributed by atoms with Crippen LogP contribution in [-0.2, 0) is 19.1 Å². The van der Waals surface area contributed by atoms with Gasteiger partial charge in [-0.2, -0.15) is 0 Å². The zero-order chi connectivity index (χ0) is 19.9. The molecule has 142 valence electrons. The van der Waals surface area contributed by atoms with Gasteiger partial charge >= 0.3 is 11.9 Å². The van der Waals surface area contributed by atoms with Crippen molar-refractivity contribution in [3.05, 3.63) is 78.4 Å². The lowest BCUT2D eigenvalue weighted by Crippen LogP contribution is -2.27. The van der Waals surface area contributed by atoms with Gasteiger partial charge in [-0.25, -0.2) is 19.6 Å². The average Bonchev–Trinajstić information content (AvgIpc) is 2.96. The van der Waals surface area contributed by atoms with E-state index < -0.39 is 11.9 Å². The van der Waals surface area contributed by atoms with E-state index in [1.165, 1.54) is 32.1 Å². The monoisotopic (exact) mass is 395 g/mol. The van der Waals surface area contributed by atoms with Crippen LogP contribution in [0.25, 0.3) is 0 Å². The molecular formula is C20H17N3O4S. The van der Waals surface area contributed by atoms with Crippen LogP contribution in [0, 0.1) is 0 Å². The average molecular weight is 395 g/mol. The minimum atomic E-state index is -0.660. The fourth-order valence-electron chi connectivity index (χ4n) is 2.53. The Bertz CT molecular complexity index is 970. The van der Waals surface area contributed by atoms with E-state index in [4.69, 9.17) is 9.47 Å². The molecule has 0 N–H and O–H groups in total. The fraction of sp³-hybridized carbons (Fsp3) is 0.100. The molecule has 7 nitrogen and oxygen atoms in total. The first-order valence-electron chi connectivity index (χ1n) is 8.24. The van der Waals surface area contributed by atoms with E-state index in [2.05, 4.69) is 9.97 Å². The predicted molar refractivity (Wildman–Crippen MR) is 104 cm³/mol. The molecule has 1 aromatic heterocycles. The molecule has 0 bridgehead atoms. The Labute approximate surface area is 166 Å². The van der Waals surface area contributed by atoms with Crippen LogP contribution in [0.15, 0.2) is 88.5 Å². The Balaban J connectivity index is 2.13. The Morgan fingerprint density at radius 2 is 1.68 bits per heavy atom. The van der Waals surface area contributed by atoms with Gasteiger partial charge in [0.15, 0.2) is 5.16 Å². The van der Waals surface area contributed by atoms with Gasteiger partial charge < -0.3 is 14.4 Å². The number of allylic oxidation sites excluding steroid dienone is 2. The van der Waals surface area contributed by atoms with Crippen LogP contribution < -0.4 is 4.90 Å². The van der Waals surface area contributed by atoms with Gasteiger partial charge in [0.1, 0.15) is 5.70 Å². The minimum absolute atomic E-state index is 0.0568. The number of methoxy groups -OCH3 is 2. The van der Waals surface area contributed by atoms with Crippen molar-refractivity contribution in [2.45, 2.75) is 10.1 Å². The summed E-state index contributed by atoms with van der Waals surface area (Å²) in [4.78, 5) is 35.7. The van der Waals surface area contributed by atoms with Gasteiger partial charge in [-0.3, -0.25) is 0 Å². The van der Waals surface area contributed by atoms with E-state index in [0.717, 1.165) is 4.90 Å². The van der Waals surface area contributed by atoms with Crippen molar-refractivity contribution in [1.82, 2.24) is 9.97 Å². The first kappa shape index (κ1) is 19.4. The molecule has 28 heavy (non-hydrogen) atoms. The molecule has 3 rings (SSSR count). The number of rotatable bonds is 5. The topological polar surface area (TPSA) is 81.6 Å². The van der Waals surface area contributed by atoms with Crippen LogP contribution in [0.2, 0.25) is 0 Å². The Hall–Kier alpha value is -3.39. The number of aromatic nitrogens is 2. The van der Waals surface area contributed by atoms with Gasteiger partial charge in [0.05, 0.1) is 25.5 Å². The molecule has 0 amide bonds. The summed E-state index contributed by atoms with van der Waals surface area (Å²) in [5.74, 6) is -1.30. The molecule has 0 fully saturated rings. The second-order valence-electron chi connectivity index (χ2n) is 5.42. The molecule has 0 saturated carbocycles. The normalized spacial score (nSPS) is 13.3. The zero-order valence-corrected chi connectivity index (χ0v) is 16.1. The van der Waals surface area contributed by atoms with E-state index in [1.807, 2.05) is 24.3 Å². The molecular weight excluding hydrogens is 378 g/mol. The third-order valence-corrected chi connectivity index (χ3v) is 4.72. The van der Waals surface area contributed by atoms with Crippen molar-refractivity contribution in [2.75, 3.05) is 19.1 Å². The number of hydrogen-bond donors (Lipinski definition) is 0. The molecule has 1 aromatic carbocycles. The Kier molecular flexibility index (Phi) is 6.23. The van der Waals surface area contributed by atoms with Crippen LogP contribution >= 0.6 is 11.8 Å². The van der Waals surface area contributed by atoms with E-state index in [-0.39, 0.29) is 11.3 Å². The molecule has 1 aliphatic heterocycles. The van der Waals surface area contributed by atoms with Crippen molar-refractivity contribution in [1.29, 1.82) is 0 Å². The molecule has 0 radical (unpaired) electrons. The number of hydrogen-bond acceptors (Lipinski definition) is 8. The van der Waals surface area contributed by atoms with E-state index in [0.29, 0.717) is 10.8 Å². The number of nitrogens with zero attached hydrogens (tertiary/aromatic N) is 3. The summed E-state index contributed by atoms with van der Waals surface area (Å²) < 4.78 is 9.78. The number of para-hydroxylation sites is 1. The molecule has 2 aromatic rings. The SMILES string of the molecule is COC(=O)C1=C(C(=O)OC)N(c2ccccc2Sc2ncccn2)C=CC=C1. The number of ether oxygens (including phenoxy) is 2. The maximum Gasteiger partial charge on any atom is 0.355 e. The van der Waals surface area contributed by atoms with Crippen LogP contribution in [0.4, 0.5) is 5.69 Å². The third kappa shape index (κ3) is 4.12. The maximum absolute atomic E-state index is 12.6. The van der Waals surface area contributed by atoms with Crippen LogP contribution in [-0.4, -0.2) is 36.1 Å². The van der Waals surface area contributed by atoms with Crippen molar-refractivity contribution >= 4 is 29.4 Å². The quantitative estimate of drug-likeness (QED) is 0.564. The largest absolute Gasteiger partial charge is 0.465 e. The van der Waals surface area contributed by atoms with Gasteiger partial charge in [-0.1, -0.05) is 18.2 Å². The summed E-state index contributed by atoms with van der Waals surface area (Å²) in [5.41, 5.74) is 0.818. The molecule has 8 heteroatoms. The second kappa shape index (κ2) is 9.01. The Morgan fingerprint density at radius 3 is 2.39 bits per heavy atom. The summed E-state index contributed by atoms with van der Waals surface area (Å²) in [5, 5.41) is 0.559. The first-order chi connectivity index (χ1) is 13.7. The summed E-state index contributed by atoms with van der Waals surface area (Å²) in [6.07, 6.45) is 9.89. The van der Waals surface area contributed by atoms with Gasteiger partial charge in [0.2, 0.25) is 0 Å². The van der Waals surface area contributed by atoms with Crippen molar-refractivity contribution in [3.8, 4) is 0 Å². The zero-order valence-electron chi connectivity index (χ0n) is 15.2. The van der Waals surface area contributed by atoms with Crippen LogP contribution in [0.5, 0.6) is 0 Å². The molecule has 2 heterocycles. The van der Waals surface area contributed by atoms with Crippen molar-refractivity contribution in [3.63, 3.8) is 0 Å². The highest BCUT2D eigenvalue weighted by Gasteiger charge is 2.28. The third-order valence-electron chi connectivity index (χ3n) is 3.76. The van der Waals surface area contributed by atoms with Gasteiger partial charge in [-0.15, -0.1) is 0 Å². The molecule has 0 spiro atoms. The number of benzene rings is 1. The molecule has 1 aliphatic rings. The highest BCUT2D eigenvalue weighted by molar-refractivity contribution is 7.99. The van der Waals surface area contributed by atoms with E-state index in [9.17, 15) is 9.59 Å². The number of carbonyl (C=O) groups excluding carboxylic acids is 2. The summed E-state index contributed by atoms with van der Waals surface area (Å²) in [6.45, 7) is 0. The van der Waals surface area contributed by atoms with Crippen LogP contribution in [0.1, 0.15) is 0 Å². The van der Waals surface area contributed by atoms with Gasteiger partial charge in [0.25, 0.3) is 0 Å². The smallest absolute Gasteiger partial charge is 0.355 e. The molecule has 0 aliphatic carbocycles. The second-order valence-corrected chi connectivity index (χ2v) is 6.43. The van der Waals surface area contributed by atoms with Gasteiger partial charge in [0, 0.05) is 23.5 Å². The molecule has 0 saturated heterocycles. The lowest BCUT2D eigenvalue weighted by Gasteiger charge is -2.25. The lowest BCUT2D eigenvalue weighted by atomic mass is 10.1. The first-order valence-corrected chi connectivity index (χ1v) is 9.06. The highest BCUT2D eigenvalue weighted by atomic mass is 32.2. The standard InChI is InChI=1S/C20H17N3O4S/c1-26-18(24)14-8-5-6-13-23(17(14)19(25)27-2)15-9-3-4-10-16(15)28-20-21-11-7-12-22-20/h3-13H,1-2H3. The minimum Gasteiger partial charge on any atom is -0.465 e. The van der Waals surface area contributed by atoms with E-state index in [1.54, 1.807) is 41.7 Å².